The Hall–Kier alpha value is -1.60. The topological polar surface area (TPSA) is 51.2 Å². The largest absolute Gasteiger partial charge is 0.357 e. The molecule has 0 spiro atoms. The summed E-state index contributed by atoms with van der Waals surface area (Å²) in [5, 5.41) is 5.56. The smallest absolute Gasteiger partial charge is 0.239 e. The SMILES string of the molecule is CCNC(=NCc1sccc1C)N1CCN(C(C)C(=O)N2CCCC2)CC1. The van der Waals surface area contributed by atoms with Gasteiger partial charge in [-0.15, -0.1) is 11.3 Å². The van der Waals surface area contributed by atoms with E-state index in [1.165, 1.54) is 10.4 Å². The van der Waals surface area contributed by atoms with Gasteiger partial charge in [-0.25, -0.2) is 4.99 Å². The molecule has 0 aliphatic carbocycles. The fraction of sp³-hybridized carbons (Fsp3) is 0.700. The molecule has 1 aromatic heterocycles. The number of amides is 1. The summed E-state index contributed by atoms with van der Waals surface area (Å²) in [4.78, 5) is 25.5. The molecule has 7 heteroatoms. The number of carbonyl (C=O) groups excluding carboxylic acids is 1. The zero-order chi connectivity index (χ0) is 19.2. The number of piperazine rings is 1. The lowest BCUT2D eigenvalue weighted by Crippen LogP contribution is -2.57. The number of nitrogens with zero attached hydrogens (tertiary/aromatic N) is 4. The van der Waals surface area contributed by atoms with Crippen LogP contribution in [-0.2, 0) is 11.3 Å². The number of likely N-dealkylation sites (tertiary alicyclic amines) is 1. The van der Waals surface area contributed by atoms with Crippen molar-refractivity contribution in [1.29, 1.82) is 0 Å². The van der Waals surface area contributed by atoms with Crippen LogP contribution in [0.2, 0.25) is 0 Å². The number of aliphatic imine (C=N–C) groups is 1. The molecule has 2 saturated heterocycles. The molecule has 6 nitrogen and oxygen atoms in total. The molecule has 150 valence electrons. The van der Waals surface area contributed by atoms with Gasteiger partial charge in [0.1, 0.15) is 0 Å². The molecule has 2 aliphatic rings. The summed E-state index contributed by atoms with van der Waals surface area (Å²) in [6.07, 6.45) is 2.30. The van der Waals surface area contributed by atoms with Crippen molar-refractivity contribution >= 4 is 23.2 Å². The van der Waals surface area contributed by atoms with Gasteiger partial charge in [-0.05, 0) is 50.6 Å². The fourth-order valence-corrected chi connectivity index (χ4v) is 4.65. The maximum absolute atomic E-state index is 12.7. The van der Waals surface area contributed by atoms with Gasteiger partial charge >= 0.3 is 0 Å². The molecule has 1 unspecified atom stereocenters. The van der Waals surface area contributed by atoms with Crippen LogP contribution >= 0.6 is 11.3 Å². The summed E-state index contributed by atoms with van der Waals surface area (Å²) < 4.78 is 0. The van der Waals surface area contributed by atoms with Gasteiger partial charge in [-0.3, -0.25) is 9.69 Å². The average molecular weight is 392 g/mol. The van der Waals surface area contributed by atoms with E-state index in [9.17, 15) is 4.79 Å². The Morgan fingerprint density at radius 1 is 1.19 bits per heavy atom. The van der Waals surface area contributed by atoms with Crippen LogP contribution in [0.15, 0.2) is 16.4 Å². The van der Waals surface area contributed by atoms with Gasteiger partial charge in [0.25, 0.3) is 0 Å². The second kappa shape index (κ2) is 9.55. The molecule has 1 aromatic rings. The van der Waals surface area contributed by atoms with Gasteiger partial charge in [0, 0.05) is 50.7 Å². The van der Waals surface area contributed by atoms with Gasteiger partial charge in [-0.2, -0.15) is 0 Å². The van der Waals surface area contributed by atoms with E-state index >= 15 is 0 Å². The Labute approximate surface area is 167 Å². The van der Waals surface area contributed by atoms with Crippen LogP contribution in [0.5, 0.6) is 0 Å². The lowest BCUT2D eigenvalue weighted by atomic mass is 10.2. The van der Waals surface area contributed by atoms with E-state index in [2.05, 4.69) is 47.3 Å². The maximum atomic E-state index is 12.7. The highest BCUT2D eigenvalue weighted by Crippen LogP contribution is 2.17. The fourth-order valence-electron chi connectivity index (χ4n) is 3.82. The number of carbonyl (C=O) groups is 1. The molecule has 2 aliphatic heterocycles. The first kappa shape index (κ1) is 20.1. The summed E-state index contributed by atoms with van der Waals surface area (Å²) in [7, 11) is 0. The van der Waals surface area contributed by atoms with Gasteiger partial charge in [-0.1, -0.05) is 0 Å². The predicted molar refractivity (Wildman–Crippen MR) is 112 cm³/mol. The van der Waals surface area contributed by atoms with Crippen LogP contribution in [0.4, 0.5) is 0 Å². The summed E-state index contributed by atoms with van der Waals surface area (Å²) in [6, 6.07) is 2.14. The van der Waals surface area contributed by atoms with Crippen molar-refractivity contribution < 1.29 is 4.79 Å². The monoisotopic (exact) mass is 391 g/mol. The van der Waals surface area contributed by atoms with Crippen LogP contribution in [0.3, 0.4) is 0 Å². The van der Waals surface area contributed by atoms with Gasteiger partial charge < -0.3 is 15.1 Å². The summed E-state index contributed by atoms with van der Waals surface area (Å²) in [6.45, 7) is 13.4. The lowest BCUT2D eigenvalue weighted by Gasteiger charge is -2.39. The summed E-state index contributed by atoms with van der Waals surface area (Å²) in [5.74, 6) is 1.29. The summed E-state index contributed by atoms with van der Waals surface area (Å²) in [5.41, 5.74) is 1.32. The first-order valence-electron chi connectivity index (χ1n) is 10.2. The number of rotatable bonds is 5. The molecule has 27 heavy (non-hydrogen) atoms. The molecule has 1 N–H and O–H groups in total. The highest BCUT2D eigenvalue weighted by molar-refractivity contribution is 7.10. The molecular formula is C20H33N5OS. The van der Waals surface area contributed by atoms with E-state index in [1.54, 1.807) is 11.3 Å². The number of aryl methyl sites for hydroxylation is 1. The van der Waals surface area contributed by atoms with Crippen molar-refractivity contribution in [1.82, 2.24) is 20.0 Å². The Morgan fingerprint density at radius 2 is 1.89 bits per heavy atom. The third-order valence-electron chi connectivity index (χ3n) is 5.61. The number of hydrogen-bond donors (Lipinski definition) is 1. The van der Waals surface area contributed by atoms with Crippen LogP contribution < -0.4 is 5.32 Å². The quantitative estimate of drug-likeness (QED) is 0.617. The number of thiophene rings is 1. The zero-order valence-electron chi connectivity index (χ0n) is 16.9. The highest BCUT2D eigenvalue weighted by atomic mass is 32.1. The van der Waals surface area contributed by atoms with Gasteiger partial charge in [0.05, 0.1) is 12.6 Å². The van der Waals surface area contributed by atoms with E-state index in [4.69, 9.17) is 4.99 Å². The van der Waals surface area contributed by atoms with E-state index < -0.39 is 0 Å². The first-order valence-corrected chi connectivity index (χ1v) is 11.1. The van der Waals surface area contributed by atoms with Crippen LogP contribution in [-0.4, -0.2) is 78.4 Å². The maximum Gasteiger partial charge on any atom is 0.239 e. The van der Waals surface area contributed by atoms with Crippen molar-refractivity contribution in [2.45, 2.75) is 46.2 Å². The number of hydrogen-bond acceptors (Lipinski definition) is 4. The third-order valence-corrected chi connectivity index (χ3v) is 6.62. The Bertz CT molecular complexity index is 645. The van der Waals surface area contributed by atoms with Crippen LogP contribution in [0.1, 0.15) is 37.1 Å². The van der Waals surface area contributed by atoms with Crippen molar-refractivity contribution in [2.24, 2.45) is 4.99 Å². The molecular weight excluding hydrogens is 358 g/mol. The molecule has 0 bridgehead atoms. The minimum Gasteiger partial charge on any atom is -0.357 e. The summed E-state index contributed by atoms with van der Waals surface area (Å²) >= 11 is 1.77. The van der Waals surface area contributed by atoms with E-state index in [0.29, 0.717) is 5.91 Å². The molecule has 0 saturated carbocycles. The van der Waals surface area contributed by atoms with Gasteiger partial charge in [0.2, 0.25) is 5.91 Å². The lowest BCUT2D eigenvalue weighted by molar-refractivity contribution is -0.135. The van der Waals surface area contributed by atoms with Gasteiger partial charge in [0.15, 0.2) is 5.96 Å². The van der Waals surface area contributed by atoms with Crippen molar-refractivity contribution in [2.75, 3.05) is 45.8 Å². The van der Waals surface area contributed by atoms with Crippen molar-refractivity contribution in [3.05, 3.63) is 21.9 Å². The molecule has 0 aromatic carbocycles. The molecule has 1 atom stereocenters. The van der Waals surface area contributed by atoms with E-state index in [1.807, 2.05) is 4.90 Å². The van der Waals surface area contributed by atoms with Crippen molar-refractivity contribution in [3.63, 3.8) is 0 Å². The zero-order valence-corrected chi connectivity index (χ0v) is 17.7. The average Bonchev–Trinajstić information content (AvgIpc) is 3.36. The molecule has 1 amide bonds. The third kappa shape index (κ3) is 5.02. The number of nitrogens with one attached hydrogen (secondary N) is 1. The molecule has 3 rings (SSSR count). The highest BCUT2D eigenvalue weighted by Gasteiger charge is 2.30. The minimum atomic E-state index is -0.0152. The predicted octanol–water partition coefficient (Wildman–Crippen LogP) is 2.15. The van der Waals surface area contributed by atoms with E-state index in [0.717, 1.165) is 71.2 Å². The first-order chi connectivity index (χ1) is 13.1. The second-order valence-electron chi connectivity index (χ2n) is 7.43. The number of guanidine groups is 1. The second-order valence-corrected chi connectivity index (χ2v) is 8.43. The van der Waals surface area contributed by atoms with E-state index in [-0.39, 0.29) is 6.04 Å². The molecule has 3 heterocycles. The van der Waals surface area contributed by atoms with Crippen LogP contribution in [0, 0.1) is 6.92 Å². The Balaban J connectivity index is 1.55. The Kier molecular flexibility index (Phi) is 7.13. The van der Waals surface area contributed by atoms with Crippen molar-refractivity contribution in [3.8, 4) is 0 Å². The standard InChI is InChI=1S/C20H33N5OS/c1-4-21-20(22-15-18-16(2)7-14-27-18)25-12-10-23(11-13-25)17(3)19(26)24-8-5-6-9-24/h7,14,17H,4-6,8-13,15H2,1-3H3,(H,21,22). The molecule has 0 radical (unpaired) electrons. The minimum absolute atomic E-state index is 0.0152. The normalized spacial score (nSPS) is 20.2. The van der Waals surface area contributed by atoms with Crippen LogP contribution in [0.25, 0.3) is 0 Å². The Morgan fingerprint density at radius 3 is 2.48 bits per heavy atom. The molecule has 2 fully saturated rings.